The molecule has 1 amide bonds. The fraction of sp³-hybridized carbons (Fsp3) is 0.136. The van der Waals surface area contributed by atoms with Crippen LogP contribution in [-0.4, -0.2) is 27.6 Å². The Labute approximate surface area is 162 Å². The Morgan fingerprint density at radius 1 is 1.04 bits per heavy atom. The number of imidazole rings is 1. The van der Waals surface area contributed by atoms with Gasteiger partial charge in [0.25, 0.3) is 0 Å². The van der Waals surface area contributed by atoms with Crippen molar-refractivity contribution in [3.05, 3.63) is 84.3 Å². The van der Waals surface area contributed by atoms with E-state index in [4.69, 9.17) is 9.72 Å². The number of carbonyl (C=O) groups excluding carboxylic acids is 1. The van der Waals surface area contributed by atoms with E-state index < -0.39 is 0 Å². The second-order valence-electron chi connectivity index (χ2n) is 6.40. The average molecular weight is 372 g/mol. The first-order chi connectivity index (χ1) is 13.7. The number of para-hydroxylation sites is 2. The molecule has 6 nitrogen and oxygen atoms in total. The number of nitrogens with zero attached hydrogens (tertiary/aromatic N) is 3. The molecule has 0 fully saturated rings. The van der Waals surface area contributed by atoms with Crippen molar-refractivity contribution in [2.75, 3.05) is 12.4 Å². The zero-order valence-corrected chi connectivity index (χ0v) is 15.5. The van der Waals surface area contributed by atoms with Crippen molar-refractivity contribution in [2.24, 2.45) is 0 Å². The summed E-state index contributed by atoms with van der Waals surface area (Å²) in [7, 11) is 1.55. The van der Waals surface area contributed by atoms with Crippen LogP contribution in [0.25, 0.3) is 11.0 Å². The van der Waals surface area contributed by atoms with E-state index in [2.05, 4.69) is 22.4 Å². The van der Waals surface area contributed by atoms with Crippen molar-refractivity contribution in [1.29, 1.82) is 0 Å². The fourth-order valence-corrected chi connectivity index (χ4v) is 3.13. The molecular weight excluding hydrogens is 352 g/mol. The Hall–Kier alpha value is -3.67. The smallest absolute Gasteiger partial charge is 0.244 e. The minimum Gasteiger partial charge on any atom is -0.481 e. The minimum absolute atomic E-state index is 0.135. The van der Waals surface area contributed by atoms with E-state index >= 15 is 0 Å². The lowest BCUT2D eigenvalue weighted by Gasteiger charge is -2.10. The third-order valence-corrected chi connectivity index (χ3v) is 4.47. The lowest BCUT2D eigenvalue weighted by Crippen LogP contribution is -2.20. The molecule has 28 heavy (non-hydrogen) atoms. The lowest BCUT2D eigenvalue weighted by molar-refractivity contribution is -0.116. The first-order valence-electron chi connectivity index (χ1n) is 9.01. The second kappa shape index (κ2) is 7.92. The van der Waals surface area contributed by atoms with Crippen molar-refractivity contribution in [3.8, 4) is 5.88 Å². The first-order valence-corrected chi connectivity index (χ1v) is 9.01. The molecule has 0 aliphatic rings. The van der Waals surface area contributed by atoms with Gasteiger partial charge in [0.2, 0.25) is 11.8 Å². The number of ether oxygens (including phenoxy) is 1. The summed E-state index contributed by atoms with van der Waals surface area (Å²) in [6.07, 6.45) is 2.24. The molecule has 4 aromatic rings. The molecule has 2 heterocycles. The van der Waals surface area contributed by atoms with Gasteiger partial charge in [-0.25, -0.2) is 9.97 Å². The molecule has 2 aromatic carbocycles. The van der Waals surface area contributed by atoms with Gasteiger partial charge in [-0.05, 0) is 23.8 Å². The maximum atomic E-state index is 12.7. The van der Waals surface area contributed by atoms with Gasteiger partial charge < -0.3 is 14.6 Å². The Kier molecular flexibility index (Phi) is 5.01. The van der Waals surface area contributed by atoms with Crippen molar-refractivity contribution in [3.63, 3.8) is 0 Å². The highest BCUT2D eigenvalue weighted by molar-refractivity contribution is 5.91. The van der Waals surface area contributed by atoms with Crippen LogP contribution in [0.3, 0.4) is 0 Å². The Morgan fingerprint density at radius 2 is 1.82 bits per heavy atom. The van der Waals surface area contributed by atoms with E-state index in [1.54, 1.807) is 25.4 Å². The van der Waals surface area contributed by atoms with Crippen LogP contribution in [-0.2, 0) is 17.8 Å². The van der Waals surface area contributed by atoms with Gasteiger partial charge in [0.05, 0.1) is 30.0 Å². The van der Waals surface area contributed by atoms with Crippen LogP contribution in [0, 0.1) is 0 Å². The number of fused-ring (bicyclic) bond motifs is 1. The number of rotatable bonds is 6. The van der Waals surface area contributed by atoms with Crippen molar-refractivity contribution in [2.45, 2.75) is 13.0 Å². The molecule has 140 valence electrons. The molecule has 0 aliphatic heterocycles. The van der Waals surface area contributed by atoms with Crippen LogP contribution in [0.5, 0.6) is 5.88 Å². The summed E-state index contributed by atoms with van der Waals surface area (Å²) in [5.74, 6) is 1.23. The predicted octanol–water partition coefficient (Wildman–Crippen LogP) is 3.67. The number of methoxy groups -OCH3 is 1. The van der Waals surface area contributed by atoms with E-state index in [0.29, 0.717) is 18.0 Å². The number of aromatic nitrogens is 3. The van der Waals surface area contributed by atoms with E-state index in [1.807, 2.05) is 47.0 Å². The average Bonchev–Trinajstić information content (AvgIpc) is 3.06. The molecular formula is C22H20N4O2. The summed E-state index contributed by atoms with van der Waals surface area (Å²) in [4.78, 5) is 21.5. The minimum atomic E-state index is -0.135. The second-order valence-corrected chi connectivity index (χ2v) is 6.40. The van der Waals surface area contributed by atoms with Crippen LogP contribution in [0.4, 0.5) is 5.69 Å². The maximum absolute atomic E-state index is 12.7. The van der Waals surface area contributed by atoms with Crippen LogP contribution in [0.15, 0.2) is 72.9 Å². The van der Waals surface area contributed by atoms with E-state index in [0.717, 1.165) is 22.4 Å². The van der Waals surface area contributed by atoms with Crippen LogP contribution in [0.2, 0.25) is 0 Å². The number of nitrogens with one attached hydrogen (secondary N) is 1. The van der Waals surface area contributed by atoms with E-state index in [1.165, 1.54) is 0 Å². The summed E-state index contributed by atoms with van der Waals surface area (Å²) in [6.45, 7) is 0.175. The molecule has 4 rings (SSSR count). The molecule has 2 aromatic heterocycles. The van der Waals surface area contributed by atoms with Gasteiger partial charge in [0, 0.05) is 12.5 Å². The summed E-state index contributed by atoms with van der Waals surface area (Å²) in [6, 6.07) is 21.5. The van der Waals surface area contributed by atoms with Crippen LogP contribution >= 0.6 is 0 Å². The molecule has 0 bridgehead atoms. The van der Waals surface area contributed by atoms with Crippen LogP contribution in [0.1, 0.15) is 11.4 Å². The van der Waals surface area contributed by atoms with Gasteiger partial charge in [-0.3, -0.25) is 4.79 Å². The van der Waals surface area contributed by atoms with Crippen LogP contribution < -0.4 is 10.1 Å². The molecule has 0 radical (unpaired) electrons. The summed E-state index contributed by atoms with van der Waals surface area (Å²) < 4.78 is 7.01. The first kappa shape index (κ1) is 17.7. The Bertz CT molecular complexity index is 1090. The fourth-order valence-electron chi connectivity index (χ4n) is 3.13. The summed E-state index contributed by atoms with van der Waals surface area (Å²) >= 11 is 0. The molecule has 0 saturated heterocycles. The molecule has 0 unspecified atom stereocenters. The van der Waals surface area contributed by atoms with Gasteiger partial charge in [0.1, 0.15) is 12.4 Å². The molecule has 0 atom stereocenters. The third-order valence-electron chi connectivity index (χ3n) is 4.47. The van der Waals surface area contributed by atoms with Crippen molar-refractivity contribution >= 4 is 22.6 Å². The number of amides is 1. The summed E-state index contributed by atoms with van der Waals surface area (Å²) in [5, 5.41) is 2.88. The number of carbonyl (C=O) groups is 1. The van der Waals surface area contributed by atoms with Gasteiger partial charge in [-0.2, -0.15) is 0 Å². The Morgan fingerprint density at radius 3 is 2.57 bits per heavy atom. The maximum Gasteiger partial charge on any atom is 0.244 e. The largest absolute Gasteiger partial charge is 0.481 e. The molecule has 0 aliphatic carbocycles. The molecule has 0 spiro atoms. The number of hydrogen-bond acceptors (Lipinski definition) is 4. The Balaban J connectivity index is 1.59. The molecule has 1 N–H and O–H groups in total. The molecule has 6 heteroatoms. The zero-order valence-electron chi connectivity index (χ0n) is 15.5. The lowest BCUT2D eigenvalue weighted by atomic mass is 10.1. The summed E-state index contributed by atoms with van der Waals surface area (Å²) in [5.41, 5.74) is 3.60. The number of anilines is 1. The van der Waals surface area contributed by atoms with Gasteiger partial charge >= 0.3 is 0 Å². The van der Waals surface area contributed by atoms with E-state index in [9.17, 15) is 4.79 Å². The molecule has 0 saturated carbocycles. The topological polar surface area (TPSA) is 69.0 Å². The highest BCUT2D eigenvalue weighted by Crippen LogP contribution is 2.19. The number of pyridine rings is 1. The van der Waals surface area contributed by atoms with Gasteiger partial charge in [-0.1, -0.05) is 42.5 Å². The van der Waals surface area contributed by atoms with Gasteiger partial charge in [0.15, 0.2) is 0 Å². The van der Waals surface area contributed by atoms with Crippen molar-refractivity contribution < 1.29 is 9.53 Å². The monoisotopic (exact) mass is 372 g/mol. The highest BCUT2D eigenvalue weighted by Gasteiger charge is 2.14. The standard InChI is InChI=1S/C22H20N4O2/c1-28-22-12-11-17(14-23-22)24-21(27)15-26-19-10-6-5-9-18(19)25-20(26)13-16-7-3-2-4-8-16/h2-12,14H,13,15H2,1H3,(H,24,27). The van der Waals surface area contributed by atoms with Gasteiger partial charge in [-0.15, -0.1) is 0 Å². The highest BCUT2D eigenvalue weighted by atomic mass is 16.5. The van der Waals surface area contributed by atoms with Crippen molar-refractivity contribution in [1.82, 2.24) is 14.5 Å². The third kappa shape index (κ3) is 3.86. The van der Waals surface area contributed by atoms with E-state index in [-0.39, 0.29) is 12.5 Å². The number of hydrogen-bond donors (Lipinski definition) is 1. The normalized spacial score (nSPS) is 10.8. The number of benzene rings is 2. The quantitative estimate of drug-likeness (QED) is 0.561. The SMILES string of the molecule is COc1ccc(NC(=O)Cn2c(Cc3ccccc3)nc3ccccc32)cn1. The zero-order chi connectivity index (χ0) is 19.3. The predicted molar refractivity (Wildman–Crippen MR) is 108 cm³/mol.